The normalized spacial score (nSPS) is 18.1. The SMILES string of the molecule is O=C1Nc2ccc(Br)cc2C(=O)N2CCN(C(=O)COc3cccc(OC(F)(F)F)c3)CC12. The first-order chi connectivity index (χ1) is 15.6. The molecule has 2 aliphatic rings. The molecule has 1 atom stereocenters. The summed E-state index contributed by atoms with van der Waals surface area (Å²) in [4.78, 5) is 41.2. The molecule has 0 radical (unpaired) electrons. The third-order valence-corrected chi connectivity index (χ3v) is 5.66. The van der Waals surface area contributed by atoms with Crippen molar-refractivity contribution in [1.29, 1.82) is 0 Å². The number of anilines is 1. The molecular weight excluding hydrogens is 511 g/mol. The second-order valence-electron chi connectivity index (χ2n) is 7.34. The Labute approximate surface area is 194 Å². The van der Waals surface area contributed by atoms with E-state index in [0.717, 1.165) is 12.1 Å². The van der Waals surface area contributed by atoms with E-state index in [-0.39, 0.29) is 31.3 Å². The summed E-state index contributed by atoms with van der Waals surface area (Å²) in [6.45, 7) is -0.168. The number of alkyl halides is 3. The van der Waals surface area contributed by atoms with Gasteiger partial charge >= 0.3 is 6.36 Å². The van der Waals surface area contributed by atoms with Crippen molar-refractivity contribution in [3.8, 4) is 11.5 Å². The molecule has 1 saturated heterocycles. The molecule has 1 unspecified atom stereocenters. The summed E-state index contributed by atoms with van der Waals surface area (Å²) < 4.78 is 47.0. The van der Waals surface area contributed by atoms with Gasteiger partial charge in [0.05, 0.1) is 17.8 Å². The van der Waals surface area contributed by atoms with Gasteiger partial charge in [-0.3, -0.25) is 14.4 Å². The molecule has 0 bridgehead atoms. The van der Waals surface area contributed by atoms with E-state index in [1.165, 1.54) is 21.9 Å². The van der Waals surface area contributed by atoms with Crippen LogP contribution in [0.25, 0.3) is 0 Å². The summed E-state index contributed by atoms with van der Waals surface area (Å²) in [6, 6.07) is 8.90. The van der Waals surface area contributed by atoms with Crippen molar-refractivity contribution in [3.63, 3.8) is 0 Å². The smallest absolute Gasteiger partial charge is 0.484 e. The van der Waals surface area contributed by atoms with Gasteiger partial charge in [-0.2, -0.15) is 0 Å². The topological polar surface area (TPSA) is 88.2 Å². The summed E-state index contributed by atoms with van der Waals surface area (Å²) >= 11 is 3.32. The van der Waals surface area contributed by atoms with Gasteiger partial charge < -0.3 is 24.6 Å². The number of nitrogens with one attached hydrogen (secondary N) is 1. The van der Waals surface area contributed by atoms with Gasteiger partial charge in [0, 0.05) is 23.6 Å². The quantitative estimate of drug-likeness (QED) is 0.660. The first-order valence-electron chi connectivity index (χ1n) is 9.78. The zero-order chi connectivity index (χ0) is 23.8. The van der Waals surface area contributed by atoms with Crippen molar-refractivity contribution in [2.75, 3.05) is 31.6 Å². The van der Waals surface area contributed by atoms with Crippen LogP contribution in [0.15, 0.2) is 46.9 Å². The van der Waals surface area contributed by atoms with E-state index in [1.807, 2.05) is 0 Å². The molecule has 2 aliphatic heterocycles. The molecule has 33 heavy (non-hydrogen) atoms. The zero-order valence-electron chi connectivity index (χ0n) is 16.9. The molecule has 1 N–H and O–H groups in total. The summed E-state index contributed by atoms with van der Waals surface area (Å²) in [5, 5.41) is 2.72. The van der Waals surface area contributed by atoms with Crippen molar-refractivity contribution in [2.45, 2.75) is 12.4 Å². The van der Waals surface area contributed by atoms with Gasteiger partial charge in [-0.05, 0) is 30.3 Å². The van der Waals surface area contributed by atoms with E-state index < -0.39 is 36.6 Å². The number of fused-ring (bicyclic) bond motifs is 2. The van der Waals surface area contributed by atoms with Crippen LogP contribution in [0.5, 0.6) is 11.5 Å². The number of hydrogen-bond donors (Lipinski definition) is 1. The largest absolute Gasteiger partial charge is 0.573 e. The standard InChI is InChI=1S/C21H17BrF3N3O5/c22-12-4-5-16-15(8-12)20(31)28-7-6-27(10-17(28)19(30)26-16)18(29)11-32-13-2-1-3-14(9-13)33-21(23,24)25/h1-5,8-9,17H,6-7,10-11H2,(H,26,30). The van der Waals surface area contributed by atoms with Crippen molar-refractivity contribution in [2.24, 2.45) is 0 Å². The number of halogens is 4. The molecular formula is C21H17BrF3N3O5. The maximum atomic E-state index is 13.0. The Morgan fingerprint density at radius 1 is 1.12 bits per heavy atom. The number of benzene rings is 2. The lowest BCUT2D eigenvalue weighted by Gasteiger charge is -2.39. The van der Waals surface area contributed by atoms with Gasteiger partial charge in [0.15, 0.2) is 6.61 Å². The fraction of sp³-hybridized carbons (Fsp3) is 0.286. The average Bonchev–Trinajstić information content (AvgIpc) is 2.86. The highest BCUT2D eigenvalue weighted by molar-refractivity contribution is 9.10. The molecule has 1 fully saturated rings. The highest BCUT2D eigenvalue weighted by atomic mass is 79.9. The number of ether oxygens (including phenoxy) is 2. The fourth-order valence-corrected chi connectivity index (χ4v) is 4.01. The summed E-state index contributed by atoms with van der Waals surface area (Å²) in [7, 11) is 0. The Morgan fingerprint density at radius 2 is 1.88 bits per heavy atom. The third-order valence-electron chi connectivity index (χ3n) is 5.17. The van der Waals surface area contributed by atoms with Gasteiger partial charge in [0.2, 0.25) is 5.91 Å². The van der Waals surface area contributed by atoms with Crippen LogP contribution in [-0.4, -0.2) is 66.2 Å². The Bertz CT molecular complexity index is 1110. The molecule has 0 aromatic heterocycles. The van der Waals surface area contributed by atoms with E-state index in [1.54, 1.807) is 18.2 Å². The molecule has 2 heterocycles. The van der Waals surface area contributed by atoms with Gasteiger partial charge in [-0.1, -0.05) is 22.0 Å². The minimum Gasteiger partial charge on any atom is -0.484 e. The van der Waals surface area contributed by atoms with E-state index in [9.17, 15) is 27.6 Å². The number of hydrogen-bond acceptors (Lipinski definition) is 5. The van der Waals surface area contributed by atoms with Crippen LogP contribution >= 0.6 is 15.9 Å². The second kappa shape index (κ2) is 8.93. The summed E-state index contributed by atoms with van der Waals surface area (Å²) in [6.07, 6.45) is -4.85. The Morgan fingerprint density at radius 3 is 2.64 bits per heavy atom. The number of piperazine rings is 1. The highest BCUT2D eigenvalue weighted by Crippen LogP contribution is 2.29. The molecule has 3 amide bonds. The summed E-state index contributed by atoms with van der Waals surface area (Å²) in [5.41, 5.74) is 0.744. The number of rotatable bonds is 4. The van der Waals surface area contributed by atoms with E-state index in [0.29, 0.717) is 15.7 Å². The molecule has 174 valence electrons. The molecule has 12 heteroatoms. The fourth-order valence-electron chi connectivity index (χ4n) is 3.65. The number of carbonyl (C=O) groups is 3. The van der Waals surface area contributed by atoms with Crippen LogP contribution in [0, 0.1) is 0 Å². The maximum Gasteiger partial charge on any atom is 0.573 e. The summed E-state index contributed by atoms with van der Waals surface area (Å²) in [5.74, 6) is -1.66. The molecule has 8 nitrogen and oxygen atoms in total. The lowest BCUT2D eigenvalue weighted by Crippen LogP contribution is -2.60. The average molecular weight is 528 g/mol. The predicted octanol–water partition coefficient (Wildman–Crippen LogP) is 3.03. The first kappa shape index (κ1) is 22.9. The van der Waals surface area contributed by atoms with Gasteiger partial charge in [-0.25, -0.2) is 0 Å². The minimum atomic E-state index is -4.85. The Balaban J connectivity index is 1.41. The third kappa shape index (κ3) is 5.21. The molecule has 4 rings (SSSR count). The van der Waals surface area contributed by atoms with Crippen LogP contribution in [0.3, 0.4) is 0 Å². The lowest BCUT2D eigenvalue weighted by atomic mass is 10.1. The molecule has 0 saturated carbocycles. The van der Waals surface area contributed by atoms with Crippen LogP contribution in [0.4, 0.5) is 18.9 Å². The van der Waals surface area contributed by atoms with Crippen molar-refractivity contribution in [3.05, 3.63) is 52.5 Å². The highest BCUT2D eigenvalue weighted by Gasteiger charge is 2.40. The van der Waals surface area contributed by atoms with Crippen LogP contribution in [0.2, 0.25) is 0 Å². The van der Waals surface area contributed by atoms with Crippen molar-refractivity contribution < 1.29 is 37.0 Å². The lowest BCUT2D eigenvalue weighted by molar-refractivity contribution is -0.274. The minimum absolute atomic E-state index is 0.0205. The maximum absolute atomic E-state index is 13.0. The number of amides is 3. The Kier molecular flexibility index (Phi) is 6.19. The first-order valence-corrected chi connectivity index (χ1v) is 10.6. The van der Waals surface area contributed by atoms with Crippen molar-refractivity contribution in [1.82, 2.24) is 9.80 Å². The Hall–Kier alpha value is -3.28. The van der Waals surface area contributed by atoms with E-state index in [4.69, 9.17) is 4.74 Å². The predicted molar refractivity (Wildman–Crippen MR) is 113 cm³/mol. The second-order valence-corrected chi connectivity index (χ2v) is 8.26. The number of nitrogens with zero attached hydrogens (tertiary/aromatic N) is 2. The van der Waals surface area contributed by atoms with Crippen molar-refractivity contribution >= 4 is 39.3 Å². The molecule has 2 aromatic rings. The number of carbonyl (C=O) groups excluding carboxylic acids is 3. The van der Waals surface area contributed by atoms with Crippen LogP contribution < -0.4 is 14.8 Å². The van der Waals surface area contributed by atoms with Gasteiger partial charge in [-0.15, -0.1) is 13.2 Å². The van der Waals surface area contributed by atoms with Crippen LogP contribution in [-0.2, 0) is 9.59 Å². The van der Waals surface area contributed by atoms with E-state index in [2.05, 4.69) is 26.0 Å². The molecule has 0 spiro atoms. The molecule has 0 aliphatic carbocycles. The zero-order valence-corrected chi connectivity index (χ0v) is 18.5. The van der Waals surface area contributed by atoms with E-state index >= 15 is 0 Å². The molecule has 2 aromatic carbocycles. The van der Waals surface area contributed by atoms with Gasteiger partial charge in [0.25, 0.3) is 11.8 Å². The van der Waals surface area contributed by atoms with Gasteiger partial charge in [0.1, 0.15) is 17.5 Å². The van der Waals surface area contributed by atoms with Crippen LogP contribution in [0.1, 0.15) is 10.4 Å². The monoisotopic (exact) mass is 527 g/mol.